The SMILES string of the molecule is O=C(O)c1nc(C(=O)O)c(-c2ccccc2-c2oc(C(=O)O)nc2C(=O)O)o1. The molecule has 2 heterocycles. The molecule has 0 bridgehead atoms. The summed E-state index contributed by atoms with van der Waals surface area (Å²) in [5.41, 5.74) is -1.65. The summed E-state index contributed by atoms with van der Waals surface area (Å²) in [6.07, 6.45) is 0. The number of nitrogens with zero attached hydrogens (tertiary/aromatic N) is 2. The third-order valence-electron chi connectivity index (χ3n) is 3.44. The van der Waals surface area contributed by atoms with E-state index in [1.807, 2.05) is 0 Å². The van der Waals surface area contributed by atoms with Crippen LogP contribution in [-0.4, -0.2) is 54.3 Å². The molecule has 3 aromatic rings. The molecule has 12 nitrogen and oxygen atoms in total. The molecular weight excluding hydrogens is 380 g/mol. The van der Waals surface area contributed by atoms with Crippen LogP contribution in [-0.2, 0) is 0 Å². The third-order valence-corrected chi connectivity index (χ3v) is 3.44. The van der Waals surface area contributed by atoms with Crippen molar-refractivity contribution in [3.8, 4) is 22.6 Å². The first-order valence-corrected chi connectivity index (χ1v) is 7.25. The van der Waals surface area contributed by atoms with Gasteiger partial charge in [0.05, 0.1) is 0 Å². The van der Waals surface area contributed by atoms with E-state index in [1.54, 1.807) is 0 Å². The molecule has 142 valence electrons. The lowest BCUT2D eigenvalue weighted by molar-refractivity contribution is 0.0643. The van der Waals surface area contributed by atoms with Crippen molar-refractivity contribution in [3.63, 3.8) is 0 Å². The minimum atomic E-state index is -1.62. The van der Waals surface area contributed by atoms with Crippen LogP contribution in [0.3, 0.4) is 0 Å². The Hall–Kier alpha value is -4.48. The highest BCUT2D eigenvalue weighted by atomic mass is 16.4. The lowest BCUT2D eigenvalue weighted by atomic mass is 10.0. The maximum Gasteiger partial charge on any atom is 0.392 e. The van der Waals surface area contributed by atoms with Gasteiger partial charge in [-0.3, -0.25) is 0 Å². The first kappa shape index (κ1) is 18.3. The molecule has 0 atom stereocenters. The van der Waals surface area contributed by atoms with Gasteiger partial charge in [-0.25, -0.2) is 19.2 Å². The van der Waals surface area contributed by atoms with Crippen LogP contribution in [0.5, 0.6) is 0 Å². The zero-order valence-electron chi connectivity index (χ0n) is 13.4. The van der Waals surface area contributed by atoms with Gasteiger partial charge >= 0.3 is 35.7 Å². The van der Waals surface area contributed by atoms with E-state index in [0.717, 1.165) is 0 Å². The second-order valence-corrected chi connectivity index (χ2v) is 5.16. The Kier molecular flexibility index (Phi) is 4.37. The Morgan fingerprint density at radius 1 is 0.643 bits per heavy atom. The van der Waals surface area contributed by atoms with Crippen molar-refractivity contribution >= 4 is 23.9 Å². The molecule has 12 heteroatoms. The molecule has 3 rings (SSSR count). The number of hydrogen-bond donors (Lipinski definition) is 4. The van der Waals surface area contributed by atoms with Gasteiger partial charge in [-0.1, -0.05) is 24.3 Å². The molecule has 0 saturated heterocycles. The number of carboxylic acids is 4. The van der Waals surface area contributed by atoms with Gasteiger partial charge in [-0.2, -0.15) is 9.97 Å². The van der Waals surface area contributed by atoms with Crippen LogP contribution in [0.25, 0.3) is 22.6 Å². The van der Waals surface area contributed by atoms with E-state index < -0.39 is 58.6 Å². The summed E-state index contributed by atoms with van der Waals surface area (Å²) in [6.45, 7) is 0. The summed E-state index contributed by atoms with van der Waals surface area (Å²) < 4.78 is 10.0. The molecule has 0 unspecified atom stereocenters. The second-order valence-electron chi connectivity index (χ2n) is 5.16. The van der Waals surface area contributed by atoms with E-state index in [2.05, 4.69) is 9.97 Å². The molecule has 2 aromatic heterocycles. The summed E-state index contributed by atoms with van der Waals surface area (Å²) in [7, 11) is 0. The van der Waals surface area contributed by atoms with Crippen molar-refractivity contribution in [2.24, 2.45) is 0 Å². The first-order valence-electron chi connectivity index (χ1n) is 7.25. The Morgan fingerprint density at radius 3 is 1.29 bits per heavy atom. The second kappa shape index (κ2) is 6.68. The van der Waals surface area contributed by atoms with Crippen LogP contribution < -0.4 is 0 Å². The van der Waals surface area contributed by atoms with Crippen LogP contribution in [0, 0.1) is 0 Å². The number of oxazole rings is 2. The number of aromatic carboxylic acids is 4. The predicted octanol–water partition coefficient (Wildman–Crippen LogP) is 1.79. The molecule has 0 fully saturated rings. The molecule has 28 heavy (non-hydrogen) atoms. The fraction of sp³-hybridized carbons (Fsp3) is 0. The average molecular weight is 388 g/mol. The van der Waals surface area contributed by atoms with Gasteiger partial charge in [0.2, 0.25) is 0 Å². The Morgan fingerprint density at radius 2 is 1.00 bits per heavy atom. The molecule has 0 radical (unpaired) electrons. The molecule has 0 aliphatic carbocycles. The highest BCUT2D eigenvalue weighted by Gasteiger charge is 2.30. The van der Waals surface area contributed by atoms with Gasteiger partial charge in [0.25, 0.3) is 0 Å². The average Bonchev–Trinajstić information content (AvgIpc) is 3.27. The third kappa shape index (κ3) is 3.05. The first-order chi connectivity index (χ1) is 13.2. The highest BCUT2D eigenvalue weighted by Crippen LogP contribution is 2.36. The van der Waals surface area contributed by atoms with Gasteiger partial charge < -0.3 is 29.3 Å². The summed E-state index contributed by atoms with van der Waals surface area (Å²) in [6, 6.07) is 5.45. The van der Waals surface area contributed by atoms with Crippen LogP contribution in [0.1, 0.15) is 42.3 Å². The van der Waals surface area contributed by atoms with Gasteiger partial charge in [0, 0.05) is 11.1 Å². The monoisotopic (exact) mass is 388 g/mol. The summed E-state index contributed by atoms with van der Waals surface area (Å²) >= 11 is 0. The van der Waals surface area contributed by atoms with Crippen LogP contribution in [0.15, 0.2) is 33.1 Å². The molecule has 0 amide bonds. The van der Waals surface area contributed by atoms with Gasteiger partial charge in [0.15, 0.2) is 22.9 Å². The van der Waals surface area contributed by atoms with E-state index >= 15 is 0 Å². The van der Waals surface area contributed by atoms with E-state index in [9.17, 15) is 29.4 Å². The summed E-state index contributed by atoms with van der Waals surface area (Å²) in [4.78, 5) is 51.8. The lowest BCUT2D eigenvalue weighted by Gasteiger charge is -2.05. The van der Waals surface area contributed by atoms with Crippen LogP contribution in [0.4, 0.5) is 0 Å². The van der Waals surface area contributed by atoms with E-state index in [0.29, 0.717) is 0 Å². The van der Waals surface area contributed by atoms with Gasteiger partial charge in [0.1, 0.15) is 0 Å². The molecule has 0 aliphatic rings. The van der Waals surface area contributed by atoms with E-state index in [-0.39, 0.29) is 11.1 Å². The van der Waals surface area contributed by atoms with Crippen LogP contribution >= 0.6 is 0 Å². The van der Waals surface area contributed by atoms with E-state index in [1.165, 1.54) is 24.3 Å². The zero-order valence-corrected chi connectivity index (χ0v) is 13.4. The Labute approximate surface area is 153 Å². The number of carboxylic acid groups (broad SMARTS) is 4. The van der Waals surface area contributed by atoms with Crippen molar-refractivity contribution in [1.82, 2.24) is 9.97 Å². The molecule has 1 aromatic carbocycles. The summed E-state index contributed by atoms with van der Waals surface area (Å²) in [5, 5.41) is 36.6. The Balaban J connectivity index is 2.30. The molecule has 0 saturated carbocycles. The molecule has 4 N–H and O–H groups in total. The molecule has 0 aliphatic heterocycles. The van der Waals surface area contributed by atoms with E-state index in [4.69, 9.17) is 19.0 Å². The van der Waals surface area contributed by atoms with Gasteiger partial charge in [-0.05, 0) is 0 Å². The maximum absolute atomic E-state index is 11.4. The minimum Gasteiger partial charge on any atom is -0.476 e. The smallest absolute Gasteiger partial charge is 0.392 e. The maximum atomic E-state index is 11.4. The normalized spacial score (nSPS) is 10.6. The number of hydrogen-bond acceptors (Lipinski definition) is 8. The number of aromatic nitrogens is 2. The predicted molar refractivity (Wildman–Crippen MR) is 85.3 cm³/mol. The fourth-order valence-electron chi connectivity index (χ4n) is 2.36. The van der Waals surface area contributed by atoms with Crippen molar-refractivity contribution in [2.45, 2.75) is 0 Å². The minimum absolute atomic E-state index is 0.0875. The fourth-order valence-corrected chi connectivity index (χ4v) is 2.36. The van der Waals surface area contributed by atoms with Crippen molar-refractivity contribution < 1.29 is 48.4 Å². The van der Waals surface area contributed by atoms with Crippen molar-refractivity contribution in [3.05, 3.63) is 47.4 Å². The lowest BCUT2D eigenvalue weighted by Crippen LogP contribution is -2.02. The summed E-state index contributed by atoms with van der Waals surface area (Å²) in [5.74, 6) is -9.19. The van der Waals surface area contributed by atoms with Crippen molar-refractivity contribution in [1.29, 1.82) is 0 Å². The highest BCUT2D eigenvalue weighted by molar-refractivity contribution is 6.00. The number of carbonyl (C=O) groups is 4. The topological polar surface area (TPSA) is 201 Å². The van der Waals surface area contributed by atoms with Gasteiger partial charge in [-0.15, -0.1) is 0 Å². The quantitative estimate of drug-likeness (QED) is 0.477. The molecule has 0 spiro atoms. The van der Waals surface area contributed by atoms with Crippen molar-refractivity contribution in [2.75, 3.05) is 0 Å². The standard InChI is InChI=1S/C16H8N2O10/c19-13(20)7-9(27-11(17-7)15(23)24)5-3-1-2-4-6(5)10-8(14(21)22)18-12(28-10)16(25)26/h1-4H,(H,19,20)(H,21,22)(H,23,24)(H,25,26). The largest absolute Gasteiger partial charge is 0.476 e. The zero-order chi connectivity index (χ0) is 20.6. The number of rotatable bonds is 6. The number of benzene rings is 1. The Bertz CT molecular complexity index is 1050. The van der Waals surface area contributed by atoms with Crippen LogP contribution in [0.2, 0.25) is 0 Å². The molecular formula is C16H8N2O10.